The predicted molar refractivity (Wildman–Crippen MR) is 219 cm³/mol. The second-order valence-corrected chi connectivity index (χ2v) is 16.0. The number of carboxylic acid groups (broad SMARTS) is 1. The van der Waals surface area contributed by atoms with E-state index in [1.165, 1.54) is 32.9 Å². The zero-order chi connectivity index (χ0) is 40.5. The molecule has 11 nitrogen and oxygen atoms in total. The van der Waals surface area contributed by atoms with Crippen molar-refractivity contribution < 1.29 is 34.0 Å². The lowest BCUT2D eigenvalue weighted by Crippen LogP contribution is -2.51. The number of rotatable bonds is 17. The molecule has 3 unspecified atom stereocenters. The summed E-state index contributed by atoms with van der Waals surface area (Å²) in [6.45, 7) is 12.2. The number of likely N-dealkylation sites (tertiary alicyclic amines) is 1. The molecule has 12 heteroatoms. The van der Waals surface area contributed by atoms with Crippen LogP contribution in [0.3, 0.4) is 0 Å². The number of pyridine rings is 1. The molecule has 3 N–H and O–H groups in total. The van der Waals surface area contributed by atoms with Crippen LogP contribution in [0.15, 0.2) is 67.0 Å². The van der Waals surface area contributed by atoms with E-state index < -0.39 is 17.6 Å². The lowest BCUT2D eigenvalue weighted by molar-refractivity contribution is -0.145. The number of hydrogen-bond acceptors (Lipinski definition) is 10. The molecule has 2 saturated heterocycles. The van der Waals surface area contributed by atoms with Crippen molar-refractivity contribution in [2.24, 2.45) is 5.92 Å². The molecule has 2 fully saturated rings. The van der Waals surface area contributed by atoms with E-state index in [0.29, 0.717) is 51.8 Å². The first-order valence-corrected chi connectivity index (χ1v) is 20.0. The van der Waals surface area contributed by atoms with Crippen LogP contribution in [0.4, 0.5) is 0 Å². The molecule has 4 aromatic rings. The van der Waals surface area contributed by atoms with E-state index >= 15 is 0 Å². The number of benzene rings is 3. The maximum atomic E-state index is 11.9. The Hall–Kier alpha value is -4.70. The Morgan fingerprint density at radius 2 is 1.79 bits per heavy atom. The fourth-order valence-electron chi connectivity index (χ4n) is 7.79. The Kier molecular flexibility index (Phi) is 14.1. The summed E-state index contributed by atoms with van der Waals surface area (Å²) in [6, 6.07) is 18.2. The number of hydrogen-bond donors (Lipinski definition) is 3. The number of piperidine rings is 1. The van der Waals surface area contributed by atoms with Crippen molar-refractivity contribution in [3.8, 4) is 34.4 Å². The van der Waals surface area contributed by atoms with Crippen LogP contribution in [0.1, 0.15) is 72.9 Å². The molecule has 2 aliphatic heterocycles. The lowest BCUT2D eigenvalue weighted by atomic mass is 9.88. The largest absolute Gasteiger partial charge is 0.493 e. The van der Waals surface area contributed by atoms with Crippen LogP contribution in [-0.4, -0.2) is 76.7 Å². The summed E-state index contributed by atoms with van der Waals surface area (Å²) < 4.78 is 24.9. The van der Waals surface area contributed by atoms with E-state index in [1.54, 1.807) is 24.4 Å². The molecule has 3 heterocycles. The first kappa shape index (κ1) is 41.9. The SMILES string of the molecule is Cc1c(COc2cc(OCc3cncc(C#N)c3)c(CNC(C(=O)O)C(C)(C)O)cc2Cl)cccc1-c1cccc(OCCCN2CCC3OCCCC3C2)c1C. The number of nitriles is 1. The van der Waals surface area contributed by atoms with Crippen molar-refractivity contribution in [3.05, 3.63) is 105 Å². The number of halogens is 1. The molecule has 3 aromatic carbocycles. The van der Waals surface area contributed by atoms with Crippen molar-refractivity contribution in [2.45, 2.75) is 90.9 Å². The van der Waals surface area contributed by atoms with Gasteiger partial charge in [0, 0.05) is 62.4 Å². The highest BCUT2D eigenvalue weighted by atomic mass is 35.5. The highest BCUT2D eigenvalue weighted by Gasteiger charge is 2.33. The average molecular weight is 797 g/mol. The molecule has 1 aromatic heterocycles. The minimum Gasteiger partial charge on any atom is -0.493 e. The minimum atomic E-state index is -1.54. The van der Waals surface area contributed by atoms with Crippen LogP contribution in [-0.2, 0) is 29.3 Å². The van der Waals surface area contributed by atoms with Gasteiger partial charge in [0.15, 0.2) is 0 Å². The third kappa shape index (κ3) is 10.8. The van der Waals surface area contributed by atoms with Gasteiger partial charge in [-0.3, -0.25) is 15.1 Å². The predicted octanol–water partition coefficient (Wildman–Crippen LogP) is 7.63. The zero-order valence-corrected chi connectivity index (χ0v) is 34.0. The van der Waals surface area contributed by atoms with Gasteiger partial charge in [-0.25, -0.2) is 0 Å². The van der Waals surface area contributed by atoms with Crippen LogP contribution in [0.2, 0.25) is 5.02 Å². The van der Waals surface area contributed by atoms with Crippen molar-refractivity contribution in [1.29, 1.82) is 5.26 Å². The van der Waals surface area contributed by atoms with Crippen LogP contribution in [0, 0.1) is 31.1 Å². The van der Waals surface area contributed by atoms with Crippen molar-refractivity contribution in [1.82, 2.24) is 15.2 Å². The standard InChI is InChI=1S/C45H53ClN4O7/c1-29-34(9-5-11-36(29)37-12-6-13-39(30(37)2)54-18-8-15-50-16-14-40-33(26-50)10-7-17-55-40)28-57-42-21-41(56-27-32-19-31(22-47)23-48-24-32)35(20-38(42)46)25-49-43(44(51)52)45(3,4)53/h5-6,9,11-13,19-21,23-24,33,40,43,49,53H,7-8,10,14-18,25-28H2,1-4H3,(H,51,52). The van der Waals surface area contributed by atoms with E-state index in [9.17, 15) is 20.3 Å². The van der Waals surface area contributed by atoms with Crippen LogP contribution in [0.5, 0.6) is 17.2 Å². The molecule has 0 amide bonds. The minimum absolute atomic E-state index is 0.0329. The number of ether oxygens (including phenoxy) is 4. The van der Waals surface area contributed by atoms with Gasteiger partial charge in [-0.2, -0.15) is 5.26 Å². The van der Waals surface area contributed by atoms with Crippen molar-refractivity contribution in [2.75, 3.05) is 32.8 Å². The molecule has 302 valence electrons. The summed E-state index contributed by atoms with van der Waals surface area (Å²) in [5, 5.41) is 32.8. The summed E-state index contributed by atoms with van der Waals surface area (Å²) in [4.78, 5) is 18.6. The Labute approximate surface area is 340 Å². The molecule has 0 spiro atoms. The third-order valence-electron chi connectivity index (χ3n) is 11.0. The van der Waals surface area contributed by atoms with Gasteiger partial charge in [-0.15, -0.1) is 0 Å². The molecular formula is C45H53ClN4O7. The smallest absolute Gasteiger partial charge is 0.323 e. The van der Waals surface area contributed by atoms with E-state index in [0.717, 1.165) is 72.6 Å². The first-order chi connectivity index (χ1) is 27.4. The molecule has 0 radical (unpaired) electrons. The number of aliphatic hydroxyl groups is 1. The van der Waals surface area contributed by atoms with E-state index in [-0.39, 0.29) is 19.8 Å². The van der Waals surface area contributed by atoms with Gasteiger partial charge in [-0.05, 0) is 105 Å². The molecule has 0 bridgehead atoms. The molecule has 6 rings (SSSR count). The summed E-state index contributed by atoms with van der Waals surface area (Å²) in [7, 11) is 0. The highest BCUT2D eigenvalue weighted by molar-refractivity contribution is 6.32. The number of nitrogens with zero attached hydrogens (tertiary/aromatic N) is 3. The van der Waals surface area contributed by atoms with Gasteiger partial charge in [0.05, 0.1) is 28.9 Å². The lowest BCUT2D eigenvalue weighted by Gasteiger charge is -2.41. The fraction of sp³-hybridized carbons (Fsp3) is 0.444. The quantitative estimate of drug-likeness (QED) is 0.0907. The second-order valence-electron chi connectivity index (χ2n) is 15.6. The average Bonchev–Trinajstić information content (AvgIpc) is 3.19. The summed E-state index contributed by atoms with van der Waals surface area (Å²) >= 11 is 6.78. The number of aliphatic carboxylic acids is 1. The Bertz CT molecular complexity index is 2060. The van der Waals surface area contributed by atoms with Crippen molar-refractivity contribution in [3.63, 3.8) is 0 Å². The molecule has 3 atom stereocenters. The maximum Gasteiger partial charge on any atom is 0.323 e. The molecule has 57 heavy (non-hydrogen) atoms. The third-order valence-corrected chi connectivity index (χ3v) is 11.3. The summed E-state index contributed by atoms with van der Waals surface area (Å²) in [5.74, 6) is 1.13. The molecular weight excluding hydrogens is 744 g/mol. The molecule has 0 saturated carbocycles. The highest BCUT2D eigenvalue weighted by Crippen LogP contribution is 2.37. The normalized spacial score (nSPS) is 17.6. The van der Waals surface area contributed by atoms with E-state index in [4.69, 9.17) is 30.5 Å². The monoisotopic (exact) mass is 796 g/mol. The van der Waals surface area contributed by atoms with Crippen LogP contribution < -0.4 is 19.5 Å². The number of aromatic nitrogens is 1. The van der Waals surface area contributed by atoms with E-state index in [1.807, 2.05) is 24.3 Å². The zero-order valence-electron chi connectivity index (χ0n) is 33.2. The Morgan fingerprint density at radius 1 is 1.02 bits per heavy atom. The van der Waals surface area contributed by atoms with E-state index in [2.05, 4.69) is 47.3 Å². The van der Waals surface area contributed by atoms with Gasteiger partial charge >= 0.3 is 5.97 Å². The van der Waals surface area contributed by atoms with Crippen LogP contribution >= 0.6 is 11.6 Å². The Morgan fingerprint density at radius 3 is 2.56 bits per heavy atom. The topological polar surface area (TPSA) is 146 Å². The number of fused-ring (bicyclic) bond motifs is 1. The van der Waals surface area contributed by atoms with Gasteiger partial charge < -0.3 is 34.1 Å². The number of carbonyl (C=O) groups is 1. The fourth-order valence-corrected chi connectivity index (χ4v) is 8.03. The van der Waals surface area contributed by atoms with Gasteiger partial charge in [0.1, 0.15) is 42.6 Å². The second kappa shape index (κ2) is 19.2. The molecule has 2 aliphatic rings. The van der Waals surface area contributed by atoms with Crippen LogP contribution in [0.25, 0.3) is 11.1 Å². The maximum absolute atomic E-state index is 11.9. The first-order valence-electron chi connectivity index (χ1n) is 19.7. The summed E-state index contributed by atoms with van der Waals surface area (Å²) in [5.41, 5.74) is 5.40. The molecule has 0 aliphatic carbocycles. The summed E-state index contributed by atoms with van der Waals surface area (Å²) in [6.07, 6.45) is 8.06. The van der Waals surface area contributed by atoms with Gasteiger partial charge in [0.2, 0.25) is 0 Å². The van der Waals surface area contributed by atoms with Gasteiger partial charge in [-0.1, -0.05) is 41.9 Å². The number of carboxylic acids is 1. The number of nitrogens with one attached hydrogen (secondary N) is 1. The van der Waals surface area contributed by atoms with Crippen molar-refractivity contribution >= 4 is 17.6 Å². The van der Waals surface area contributed by atoms with Gasteiger partial charge in [0.25, 0.3) is 0 Å². The Balaban J connectivity index is 1.13.